The summed E-state index contributed by atoms with van der Waals surface area (Å²) in [5, 5.41) is 4.25. The lowest BCUT2D eigenvalue weighted by molar-refractivity contribution is 0.322. The Kier molecular flexibility index (Phi) is 2.94. The summed E-state index contributed by atoms with van der Waals surface area (Å²) in [5.74, 6) is 0. The number of hydrogen-bond acceptors (Lipinski definition) is 2. The van der Waals surface area contributed by atoms with Crippen LogP contribution in [0.15, 0.2) is 18.2 Å². The number of rotatable bonds is 0. The van der Waals surface area contributed by atoms with Crippen molar-refractivity contribution in [2.45, 2.75) is 13.0 Å². The molecular formula is C11H15ClN2. The fourth-order valence-electron chi connectivity index (χ4n) is 1.81. The van der Waals surface area contributed by atoms with Crippen molar-refractivity contribution in [1.29, 1.82) is 0 Å². The first-order valence-electron chi connectivity index (χ1n) is 4.96. The molecule has 0 spiro atoms. The van der Waals surface area contributed by atoms with Crippen molar-refractivity contribution < 1.29 is 0 Å². The maximum absolute atomic E-state index is 5.97. The fourth-order valence-corrected chi connectivity index (χ4v) is 2.00. The van der Waals surface area contributed by atoms with Crippen LogP contribution >= 0.6 is 11.6 Å². The van der Waals surface area contributed by atoms with E-state index in [4.69, 9.17) is 11.6 Å². The molecule has 1 aliphatic rings. The number of halogens is 1. The molecule has 0 saturated heterocycles. The van der Waals surface area contributed by atoms with Gasteiger partial charge in [-0.1, -0.05) is 11.6 Å². The van der Waals surface area contributed by atoms with E-state index in [-0.39, 0.29) is 0 Å². The van der Waals surface area contributed by atoms with Gasteiger partial charge in [-0.3, -0.25) is 0 Å². The lowest BCUT2D eigenvalue weighted by atomic mass is 10.1. The van der Waals surface area contributed by atoms with Crippen molar-refractivity contribution in [2.24, 2.45) is 0 Å². The van der Waals surface area contributed by atoms with Gasteiger partial charge in [0.05, 0.1) is 0 Å². The second-order valence-corrected chi connectivity index (χ2v) is 4.26. The number of anilines is 1. The van der Waals surface area contributed by atoms with E-state index in [2.05, 4.69) is 23.3 Å². The van der Waals surface area contributed by atoms with Gasteiger partial charge in [0.25, 0.3) is 0 Å². The molecule has 1 aromatic rings. The zero-order chi connectivity index (χ0) is 9.97. The summed E-state index contributed by atoms with van der Waals surface area (Å²) in [7, 11) is 2.15. The molecule has 1 aromatic carbocycles. The van der Waals surface area contributed by atoms with Gasteiger partial charge in [0.15, 0.2) is 0 Å². The van der Waals surface area contributed by atoms with Crippen molar-refractivity contribution in [1.82, 2.24) is 4.90 Å². The van der Waals surface area contributed by atoms with Crippen molar-refractivity contribution in [3.8, 4) is 0 Å². The quantitative estimate of drug-likeness (QED) is 0.708. The Hall–Kier alpha value is -0.730. The lowest BCUT2D eigenvalue weighted by Crippen LogP contribution is -2.24. The first kappa shape index (κ1) is 9.81. The minimum absolute atomic E-state index is 0.819. The Bertz CT molecular complexity index is 325. The molecule has 0 radical (unpaired) electrons. The minimum Gasteiger partial charge on any atom is -0.385 e. The van der Waals surface area contributed by atoms with Crippen LogP contribution in [-0.2, 0) is 6.54 Å². The van der Waals surface area contributed by atoms with Gasteiger partial charge in [-0.25, -0.2) is 0 Å². The van der Waals surface area contributed by atoms with E-state index < -0.39 is 0 Å². The van der Waals surface area contributed by atoms with Crippen molar-refractivity contribution >= 4 is 17.3 Å². The Morgan fingerprint density at radius 3 is 3.14 bits per heavy atom. The van der Waals surface area contributed by atoms with Crippen LogP contribution in [0.4, 0.5) is 5.69 Å². The summed E-state index contributed by atoms with van der Waals surface area (Å²) in [6, 6.07) is 6.05. The van der Waals surface area contributed by atoms with Crippen LogP contribution in [0.2, 0.25) is 5.02 Å². The van der Waals surface area contributed by atoms with Crippen LogP contribution in [0.5, 0.6) is 0 Å². The third kappa shape index (κ3) is 2.20. The van der Waals surface area contributed by atoms with E-state index in [9.17, 15) is 0 Å². The van der Waals surface area contributed by atoms with E-state index in [1.54, 1.807) is 0 Å². The maximum atomic E-state index is 5.97. The third-order valence-corrected chi connectivity index (χ3v) is 2.77. The van der Waals surface area contributed by atoms with Gasteiger partial charge in [-0.15, -0.1) is 0 Å². The second kappa shape index (κ2) is 4.20. The molecule has 2 rings (SSSR count). The average molecular weight is 211 g/mol. The Balaban J connectivity index is 2.30. The molecular weight excluding hydrogens is 196 g/mol. The lowest BCUT2D eigenvalue weighted by Gasteiger charge is -2.23. The largest absolute Gasteiger partial charge is 0.385 e. The molecule has 0 fully saturated rings. The van der Waals surface area contributed by atoms with E-state index in [0.29, 0.717) is 0 Å². The van der Waals surface area contributed by atoms with Gasteiger partial charge >= 0.3 is 0 Å². The Labute approximate surface area is 89.9 Å². The van der Waals surface area contributed by atoms with Gasteiger partial charge in [0, 0.05) is 23.8 Å². The van der Waals surface area contributed by atoms with Crippen LogP contribution in [0.25, 0.3) is 0 Å². The highest BCUT2D eigenvalue weighted by Gasteiger charge is 2.09. The van der Waals surface area contributed by atoms with E-state index in [1.165, 1.54) is 17.7 Å². The molecule has 1 N–H and O–H groups in total. The van der Waals surface area contributed by atoms with Crippen LogP contribution < -0.4 is 5.32 Å². The van der Waals surface area contributed by atoms with Crippen LogP contribution in [-0.4, -0.2) is 25.0 Å². The monoisotopic (exact) mass is 210 g/mol. The van der Waals surface area contributed by atoms with Gasteiger partial charge in [0.1, 0.15) is 0 Å². The Morgan fingerprint density at radius 1 is 1.43 bits per heavy atom. The number of nitrogens with zero attached hydrogens (tertiary/aromatic N) is 1. The first-order chi connectivity index (χ1) is 6.75. The normalized spacial score (nSPS) is 17.9. The third-order valence-electron chi connectivity index (χ3n) is 2.54. The van der Waals surface area contributed by atoms with Gasteiger partial charge in [-0.2, -0.15) is 0 Å². The van der Waals surface area contributed by atoms with Crippen molar-refractivity contribution in [2.75, 3.05) is 25.5 Å². The van der Waals surface area contributed by atoms with Crippen LogP contribution in [0.1, 0.15) is 12.0 Å². The molecule has 0 atom stereocenters. The number of benzene rings is 1. The highest BCUT2D eigenvalue weighted by atomic mass is 35.5. The van der Waals surface area contributed by atoms with E-state index >= 15 is 0 Å². The van der Waals surface area contributed by atoms with E-state index in [1.807, 2.05) is 12.1 Å². The maximum Gasteiger partial charge on any atom is 0.0410 e. The highest BCUT2D eigenvalue weighted by molar-refractivity contribution is 6.30. The number of fused-ring (bicyclic) bond motifs is 1. The molecule has 3 heteroatoms. The van der Waals surface area contributed by atoms with Gasteiger partial charge in [0.2, 0.25) is 0 Å². The highest BCUT2D eigenvalue weighted by Crippen LogP contribution is 2.23. The summed E-state index contributed by atoms with van der Waals surface area (Å²) in [5.41, 5.74) is 2.51. The zero-order valence-electron chi connectivity index (χ0n) is 8.39. The number of nitrogens with one attached hydrogen (secondary N) is 1. The number of hydrogen-bond donors (Lipinski definition) is 1. The standard InChI is InChI=1S/C11H15ClN2/c1-14-6-2-5-13-11-4-3-10(12)7-9(11)8-14/h3-4,7,13H,2,5-6,8H2,1H3. The summed E-state index contributed by atoms with van der Waals surface area (Å²) >= 11 is 5.97. The summed E-state index contributed by atoms with van der Waals surface area (Å²) in [4.78, 5) is 2.33. The predicted molar refractivity (Wildman–Crippen MR) is 60.9 cm³/mol. The van der Waals surface area contributed by atoms with Crippen LogP contribution in [0.3, 0.4) is 0 Å². The minimum atomic E-state index is 0.819. The molecule has 0 saturated carbocycles. The molecule has 0 aromatic heterocycles. The van der Waals surface area contributed by atoms with Crippen molar-refractivity contribution in [3.05, 3.63) is 28.8 Å². The van der Waals surface area contributed by atoms with Gasteiger partial charge in [-0.05, 0) is 43.8 Å². The molecule has 0 amide bonds. The smallest absolute Gasteiger partial charge is 0.0410 e. The molecule has 0 aliphatic carbocycles. The SMILES string of the molecule is CN1CCCNc2ccc(Cl)cc2C1. The van der Waals surface area contributed by atoms with E-state index in [0.717, 1.165) is 24.7 Å². The second-order valence-electron chi connectivity index (χ2n) is 3.82. The van der Waals surface area contributed by atoms with Gasteiger partial charge < -0.3 is 10.2 Å². The molecule has 2 nitrogen and oxygen atoms in total. The van der Waals surface area contributed by atoms with Crippen LogP contribution in [0, 0.1) is 0 Å². The first-order valence-corrected chi connectivity index (χ1v) is 5.34. The molecule has 1 heterocycles. The molecule has 0 unspecified atom stereocenters. The van der Waals surface area contributed by atoms with Crippen molar-refractivity contribution in [3.63, 3.8) is 0 Å². The predicted octanol–water partition coefficient (Wildman–Crippen LogP) is 2.59. The molecule has 1 aliphatic heterocycles. The topological polar surface area (TPSA) is 15.3 Å². The molecule has 0 bridgehead atoms. The zero-order valence-corrected chi connectivity index (χ0v) is 9.14. The molecule has 76 valence electrons. The summed E-state index contributed by atoms with van der Waals surface area (Å²) in [6.45, 7) is 3.15. The summed E-state index contributed by atoms with van der Waals surface area (Å²) in [6.07, 6.45) is 1.19. The fraction of sp³-hybridized carbons (Fsp3) is 0.455. The Morgan fingerprint density at radius 2 is 2.29 bits per heavy atom. The average Bonchev–Trinajstić information content (AvgIpc) is 2.12. The summed E-state index contributed by atoms with van der Waals surface area (Å²) < 4.78 is 0. The molecule has 14 heavy (non-hydrogen) atoms.